The van der Waals surface area contributed by atoms with Crippen molar-refractivity contribution in [3.8, 4) is 0 Å². The van der Waals surface area contributed by atoms with E-state index in [1.807, 2.05) is 0 Å². The number of rotatable bonds is 15. The zero-order valence-corrected chi connectivity index (χ0v) is 23.2. The molecule has 31 heavy (non-hydrogen) atoms. The van der Waals surface area contributed by atoms with Gasteiger partial charge in [-0.1, -0.05) is 80.1 Å². The third kappa shape index (κ3) is 53.2. The van der Waals surface area contributed by atoms with Crippen LogP contribution in [-0.2, 0) is 14.4 Å². The molecule has 0 aliphatic carbocycles. The Hall–Kier alpha value is -0.252. The Morgan fingerprint density at radius 2 is 0.677 bits per heavy atom. The zero-order chi connectivity index (χ0) is 23.9. The van der Waals surface area contributed by atoms with Crippen molar-refractivity contribution in [2.45, 2.75) is 119 Å². The molecule has 0 rings (SSSR count). The van der Waals surface area contributed by atoms with Crippen LogP contribution in [0.15, 0.2) is 0 Å². The van der Waals surface area contributed by atoms with Crippen molar-refractivity contribution >= 4 is 17.9 Å². The summed E-state index contributed by atoms with van der Waals surface area (Å²) in [5.74, 6) is -0.735. The van der Waals surface area contributed by atoms with Gasteiger partial charge in [0, 0.05) is 17.9 Å². The quantitative estimate of drug-likeness (QED) is 0.275. The summed E-state index contributed by atoms with van der Waals surface area (Å²) in [6.07, 6.45) is 9.31. The van der Waals surface area contributed by atoms with E-state index in [0.29, 0.717) is 17.8 Å². The molecule has 0 unspecified atom stereocenters. The van der Waals surface area contributed by atoms with Crippen molar-refractivity contribution in [1.29, 1.82) is 0 Å². The first-order valence-electron chi connectivity index (χ1n) is 11.5. The second-order valence-electron chi connectivity index (χ2n) is 9.03. The molecule has 0 fully saturated rings. The molecular weight excluding hydrogens is 535 g/mol. The Morgan fingerprint density at radius 3 is 0.806 bits per heavy atom. The smallest absolute Gasteiger partial charge is 0.550 e. The fourth-order valence-corrected chi connectivity index (χ4v) is 2.47. The van der Waals surface area contributed by atoms with E-state index < -0.39 is 17.9 Å². The first-order chi connectivity index (χ1) is 13.9. The molecule has 7 heteroatoms. The molecular formula is C24H45O6Sm. The van der Waals surface area contributed by atoms with Gasteiger partial charge >= 0.3 is 40.4 Å². The van der Waals surface area contributed by atoms with Gasteiger partial charge in [-0.2, -0.15) is 0 Å². The molecule has 6 nitrogen and oxygen atoms in total. The molecule has 0 saturated carbocycles. The first kappa shape index (κ1) is 38.0. The van der Waals surface area contributed by atoms with Crippen molar-refractivity contribution in [1.82, 2.24) is 0 Å². The van der Waals surface area contributed by atoms with E-state index in [0.717, 1.165) is 57.8 Å². The number of aliphatic carboxylic acids is 3. The molecule has 0 aromatic rings. The molecule has 0 atom stereocenters. The van der Waals surface area contributed by atoms with E-state index in [1.165, 1.54) is 0 Å². The summed E-state index contributed by atoms with van der Waals surface area (Å²) < 4.78 is 0. The minimum atomic E-state index is -0.927. The zero-order valence-electron chi connectivity index (χ0n) is 20.6. The van der Waals surface area contributed by atoms with E-state index in [2.05, 4.69) is 41.5 Å². The van der Waals surface area contributed by atoms with Gasteiger partial charge in [-0.3, -0.25) is 0 Å². The van der Waals surface area contributed by atoms with E-state index in [1.54, 1.807) is 0 Å². The summed E-state index contributed by atoms with van der Waals surface area (Å²) in [6, 6.07) is 0. The molecule has 0 saturated heterocycles. The molecule has 0 bridgehead atoms. The average molecular weight is 580 g/mol. The van der Waals surface area contributed by atoms with Gasteiger partial charge in [0.2, 0.25) is 0 Å². The average Bonchev–Trinajstić information content (AvgIpc) is 2.60. The molecule has 0 amide bonds. The second kappa shape index (κ2) is 27.8. The van der Waals surface area contributed by atoms with Gasteiger partial charge in [-0.25, -0.2) is 0 Å². The Labute approximate surface area is 223 Å². The number of unbranched alkanes of at least 4 members (excludes halogenated alkanes) is 3. The number of hydrogen-bond donors (Lipinski definition) is 0. The molecule has 0 aliphatic rings. The number of carbonyl (C=O) groups excluding carboxylic acids is 3. The third-order valence-corrected chi connectivity index (χ3v) is 4.24. The fraction of sp³-hybridized carbons (Fsp3) is 0.875. The normalized spacial score (nSPS) is 9.97. The molecule has 183 valence electrons. The van der Waals surface area contributed by atoms with Crippen LogP contribution in [0.2, 0.25) is 0 Å². The van der Waals surface area contributed by atoms with Crippen LogP contribution in [0.5, 0.6) is 0 Å². The third-order valence-electron chi connectivity index (χ3n) is 4.24. The van der Waals surface area contributed by atoms with Crippen molar-refractivity contribution in [3.05, 3.63) is 0 Å². The van der Waals surface area contributed by atoms with Crippen LogP contribution in [0, 0.1) is 58.1 Å². The topological polar surface area (TPSA) is 120 Å². The van der Waals surface area contributed by atoms with Crippen molar-refractivity contribution in [3.63, 3.8) is 0 Å². The SMILES string of the molecule is CC(C)CCCCC(=O)[O-].CC(C)CCCCC(=O)[O-].CC(C)CCCCC(=O)[O-].[Sm+3]. The molecule has 0 spiro atoms. The van der Waals surface area contributed by atoms with E-state index in [9.17, 15) is 29.7 Å². The monoisotopic (exact) mass is 581 g/mol. The minimum Gasteiger partial charge on any atom is -0.550 e. The minimum absolute atomic E-state index is 0. The summed E-state index contributed by atoms with van der Waals surface area (Å²) in [5, 5.41) is 29.8. The van der Waals surface area contributed by atoms with Crippen LogP contribution in [0.1, 0.15) is 119 Å². The van der Waals surface area contributed by atoms with Crippen LogP contribution in [0.25, 0.3) is 0 Å². The number of hydrogen-bond acceptors (Lipinski definition) is 6. The largest absolute Gasteiger partial charge is 3.00 e. The van der Waals surface area contributed by atoms with Gasteiger partial charge in [0.05, 0.1) is 0 Å². The summed E-state index contributed by atoms with van der Waals surface area (Å²) in [4.78, 5) is 29.8. The Balaban J connectivity index is -0.000000174. The predicted molar refractivity (Wildman–Crippen MR) is 115 cm³/mol. The van der Waals surface area contributed by atoms with Gasteiger partial charge in [0.1, 0.15) is 0 Å². The van der Waals surface area contributed by atoms with Gasteiger partial charge in [0.25, 0.3) is 0 Å². The molecule has 1 radical (unpaired) electrons. The summed E-state index contributed by atoms with van der Waals surface area (Å²) in [7, 11) is 0. The van der Waals surface area contributed by atoms with Crippen LogP contribution >= 0.6 is 0 Å². The first-order valence-corrected chi connectivity index (χ1v) is 11.5. The maximum atomic E-state index is 9.93. The van der Waals surface area contributed by atoms with Crippen molar-refractivity contribution < 1.29 is 70.1 Å². The van der Waals surface area contributed by atoms with E-state index in [-0.39, 0.29) is 59.7 Å². The summed E-state index contributed by atoms with van der Waals surface area (Å²) in [6.45, 7) is 12.8. The fourth-order valence-electron chi connectivity index (χ4n) is 2.47. The molecule has 0 aromatic carbocycles. The molecule has 0 heterocycles. The van der Waals surface area contributed by atoms with Gasteiger partial charge < -0.3 is 29.7 Å². The van der Waals surface area contributed by atoms with Crippen LogP contribution in [0.4, 0.5) is 0 Å². The van der Waals surface area contributed by atoms with E-state index in [4.69, 9.17) is 0 Å². The van der Waals surface area contributed by atoms with Gasteiger partial charge in [-0.05, 0) is 56.3 Å². The number of carboxylic acids is 3. The van der Waals surface area contributed by atoms with Gasteiger partial charge in [0.15, 0.2) is 0 Å². The van der Waals surface area contributed by atoms with Crippen LogP contribution in [0.3, 0.4) is 0 Å². The van der Waals surface area contributed by atoms with Gasteiger partial charge in [-0.15, -0.1) is 0 Å². The Morgan fingerprint density at radius 1 is 0.484 bits per heavy atom. The van der Waals surface area contributed by atoms with Crippen molar-refractivity contribution in [2.24, 2.45) is 17.8 Å². The summed E-state index contributed by atoms with van der Waals surface area (Å²) in [5.41, 5.74) is 0. The summed E-state index contributed by atoms with van der Waals surface area (Å²) >= 11 is 0. The molecule has 0 aliphatic heterocycles. The number of carboxylic acid groups (broad SMARTS) is 3. The second-order valence-corrected chi connectivity index (χ2v) is 9.03. The van der Waals surface area contributed by atoms with E-state index >= 15 is 0 Å². The van der Waals surface area contributed by atoms with Crippen LogP contribution in [-0.4, -0.2) is 17.9 Å². The molecule has 0 aromatic heterocycles. The maximum absolute atomic E-state index is 9.93. The Kier molecular flexibility index (Phi) is 34.1. The molecule has 0 N–H and O–H groups in total. The van der Waals surface area contributed by atoms with Crippen molar-refractivity contribution in [2.75, 3.05) is 0 Å². The van der Waals surface area contributed by atoms with Crippen LogP contribution < -0.4 is 15.3 Å². The standard InChI is InChI=1S/3C8H16O2.Sm/c3*1-7(2)5-3-4-6-8(9)10;/h3*7H,3-6H2,1-2H3,(H,9,10);/q;;;+3/p-3. The maximum Gasteiger partial charge on any atom is 3.00 e. The Bertz CT molecular complexity index is 360. The predicted octanol–water partition coefficient (Wildman–Crippen LogP) is 2.86. The number of carbonyl (C=O) groups is 3.